The van der Waals surface area contributed by atoms with Crippen LogP contribution in [-0.2, 0) is 38.1 Å². The van der Waals surface area contributed by atoms with Crippen molar-refractivity contribution < 1.29 is 68.1 Å². The number of aliphatic hydroxyl groups excluding tert-OH is 3. The summed E-state index contributed by atoms with van der Waals surface area (Å²) in [6.45, 7) is 11.8. The maximum Gasteiger partial charge on any atom is 0.408 e. The van der Waals surface area contributed by atoms with Crippen LogP contribution < -0.4 is 5.32 Å². The van der Waals surface area contributed by atoms with E-state index in [4.69, 9.17) is 23.7 Å². The minimum absolute atomic E-state index is 0. The molecule has 0 spiro atoms. The second-order valence-corrected chi connectivity index (χ2v) is 17.6. The zero-order chi connectivity index (χ0) is 42.7. The molecule has 2 saturated carbocycles. The average molecular weight is 824 g/mol. The average Bonchev–Trinajstić information content (AvgIpc) is 3.14. The van der Waals surface area contributed by atoms with E-state index in [1.807, 2.05) is 0 Å². The van der Waals surface area contributed by atoms with E-state index in [-0.39, 0.29) is 37.2 Å². The van der Waals surface area contributed by atoms with Gasteiger partial charge in [0.05, 0.1) is 35.6 Å². The Morgan fingerprint density at radius 3 is 2.08 bits per heavy atom. The number of nitrogens with one attached hydrogen (secondary N) is 1. The number of rotatable bonds is 8. The summed E-state index contributed by atoms with van der Waals surface area (Å²) in [5.74, 6) is -5.36. The highest BCUT2D eigenvalue weighted by molar-refractivity contribution is 5.94. The standard InChI is InChI=1S/C43H53NO14.CH4/c1-22-26(55-37(51)32(48)30(24-15-11-9-12-16-24)44-38(52)58-39(3,4)5)20-43(53)35(56-36(50)25-17-13-10-14-18-25)33-41(8,34(49)31(47)29(22)40(43,6)7)27(46)19-28-42(33,21-54-28)57-23(2)45;/h9-18,26-28,30-33,35,46-48,53H,19-21H2,1-8H3,(H,44,52);1H4/t26-,27-,28+,30-,31+,32+,33+,35-,41+,42-,43+;/m0./s1. The summed E-state index contributed by atoms with van der Waals surface area (Å²) in [5, 5.41) is 51.6. The molecule has 3 aliphatic carbocycles. The van der Waals surface area contributed by atoms with E-state index in [0.29, 0.717) is 5.56 Å². The second kappa shape index (κ2) is 16.1. The van der Waals surface area contributed by atoms with E-state index in [0.717, 1.165) is 6.92 Å². The molecule has 2 bridgehead atoms. The molecule has 322 valence electrons. The molecule has 15 nitrogen and oxygen atoms in total. The van der Waals surface area contributed by atoms with Gasteiger partial charge in [-0.2, -0.15) is 0 Å². The molecule has 2 aromatic carbocycles. The third-order valence-electron chi connectivity index (χ3n) is 12.6. The highest BCUT2D eigenvalue weighted by atomic mass is 16.6. The smallest absolute Gasteiger partial charge is 0.408 e. The first-order valence-electron chi connectivity index (χ1n) is 19.3. The summed E-state index contributed by atoms with van der Waals surface area (Å²) >= 11 is 0. The Kier molecular flexibility index (Phi) is 12.4. The number of Topliss-reactive ketones (excluding diaryl/α,β-unsaturated/α-hetero) is 1. The Morgan fingerprint density at radius 1 is 0.949 bits per heavy atom. The minimum Gasteiger partial charge on any atom is -0.456 e. The fraction of sp³-hybridized carbons (Fsp3) is 0.568. The number of benzene rings is 2. The number of ether oxygens (including phenoxy) is 5. The summed E-state index contributed by atoms with van der Waals surface area (Å²) in [6, 6.07) is 14.6. The van der Waals surface area contributed by atoms with Gasteiger partial charge in [-0.3, -0.25) is 9.59 Å². The lowest BCUT2D eigenvalue weighted by molar-refractivity contribution is -0.346. The topological polar surface area (TPSA) is 224 Å². The monoisotopic (exact) mass is 823 g/mol. The number of esters is 3. The van der Waals surface area contributed by atoms with Crippen LogP contribution in [0.15, 0.2) is 71.8 Å². The fourth-order valence-corrected chi connectivity index (χ4v) is 9.56. The van der Waals surface area contributed by atoms with Gasteiger partial charge in [0.15, 0.2) is 17.5 Å². The van der Waals surface area contributed by atoms with Gasteiger partial charge in [0.1, 0.15) is 35.6 Å². The zero-order valence-corrected chi connectivity index (χ0v) is 33.9. The molecule has 1 heterocycles. The van der Waals surface area contributed by atoms with Crippen molar-refractivity contribution in [2.75, 3.05) is 6.61 Å². The van der Waals surface area contributed by atoms with Crippen molar-refractivity contribution in [3.63, 3.8) is 0 Å². The van der Waals surface area contributed by atoms with Gasteiger partial charge in [-0.1, -0.05) is 69.8 Å². The first-order chi connectivity index (χ1) is 27.0. The number of carbonyl (C=O) groups is 5. The first kappa shape index (κ1) is 45.4. The summed E-state index contributed by atoms with van der Waals surface area (Å²) in [4.78, 5) is 68.9. The molecule has 3 fully saturated rings. The van der Waals surface area contributed by atoms with Gasteiger partial charge < -0.3 is 49.4 Å². The van der Waals surface area contributed by atoms with E-state index in [1.54, 1.807) is 83.1 Å². The van der Waals surface area contributed by atoms with Crippen LogP contribution >= 0.6 is 0 Å². The summed E-state index contributed by atoms with van der Waals surface area (Å²) in [5.41, 5.74) is -8.14. The number of aliphatic hydroxyl groups is 4. The van der Waals surface area contributed by atoms with Crippen molar-refractivity contribution in [2.45, 2.75) is 135 Å². The van der Waals surface area contributed by atoms with Crippen LogP contribution in [-0.4, -0.2) is 110 Å². The van der Waals surface area contributed by atoms with Crippen molar-refractivity contribution in [2.24, 2.45) is 16.7 Å². The fourth-order valence-electron chi connectivity index (χ4n) is 9.56. The Bertz CT molecular complexity index is 1980. The van der Waals surface area contributed by atoms with E-state index in [2.05, 4.69) is 5.32 Å². The van der Waals surface area contributed by atoms with Gasteiger partial charge in [-0.25, -0.2) is 14.4 Å². The van der Waals surface area contributed by atoms with Gasteiger partial charge in [0, 0.05) is 25.2 Å². The van der Waals surface area contributed by atoms with Crippen molar-refractivity contribution in [3.8, 4) is 0 Å². The molecule has 0 radical (unpaired) electrons. The van der Waals surface area contributed by atoms with E-state index in [1.165, 1.54) is 26.0 Å². The molecule has 11 atom stereocenters. The second-order valence-electron chi connectivity index (χ2n) is 17.6. The minimum atomic E-state index is -2.35. The first-order valence-corrected chi connectivity index (χ1v) is 19.3. The zero-order valence-electron chi connectivity index (χ0n) is 33.9. The molecule has 6 rings (SSSR count). The van der Waals surface area contributed by atoms with Crippen LogP contribution in [0, 0.1) is 16.7 Å². The quantitative estimate of drug-likeness (QED) is 0.145. The van der Waals surface area contributed by atoms with Crippen molar-refractivity contribution in [3.05, 3.63) is 82.9 Å². The number of ketones is 1. The van der Waals surface area contributed by atoms with Crippen LogP contribution in [0.1, 0.15) is 97.6 Å². The maximum atomic E-state index is 14.9. The van der Waals surface area contributed by atoms with Gasteiger partial charge in [0.2, 0.25) is 0 Å². The SMILES string of the molecule is C.CC(=O)O[C@@]12CO[C@@H]1C[C@H](O)[C@@]1(C)C(=O)[C@H](O)C3=C(C)[C@@H](OC(=O)[C@H](O)[C@@H](NC(=O)OC(C)(C)C)c4ccccc4)C[C@@](O)([C@@H](OC(=O)c4ccccc4)[C@@H]21)C3(C)C. The van der Waals surface area contributed by atoms with Crippen LogP contribution in [0.4, 0.5) is 4.79 Å². The molecule has 1 aliphatic heterocycles. The van der Waals surface area contributed by atoms with Crippen LogP contribution in [0.3, 0.4) is 0 Å². The Labute approximate surface area is 344 Å². The molecule has 1 saturated heterocycles. The molecular formula is C44H57NO14. The van der Waals surface area contributed by atoms with Gasteiger partial charge >= 0.3 is 24.0 Å². The summed E-state index contributed by atoms with van der Waals surface area (Å²) in [6.07, 6.45) is -11.5. The molecule has 1 amide bonds. The largest absolute Gasteiger partial charge is 0.456 e. The number of carbonyl (C=O) groups excluding carboxylic acids is 5. The Morgan fingerprint density at radius 2 is 1.54 bits per heavy atom. The lowest BCUT2D eigenvalue weighted by atomic mass is 9.44. The molecule has 59 heavy (non-hydrogen) atoms. The molecular weight excluding hydrogens is 766 g/mol. The number of hydrogen-bond donors (Lipinski definition) is 5. The predicted molar refractivity (Wildman–Crippen MR) is 210 cm³/mol. The van der Waals surface area contributed by atoms with Gasteiger partial charge in [0.25, 0.3) is 0 Å². The molecule has 0 unspecified atom stereocenters. The maximum absolute atomic E-state index is 14.9. The molecule has 2 aromatic rings. The van der Waals surface area contributed by atoms with E-state index < -0.39 is 112 Å². The summed E-state index contributed by atoms with van der Waals surface area (Å²) < 4.78 is 29.5. The lowest BCUT2D eigenvalue weighted by Gasteiger charge is -2.67. The number of hydrogen-bond acceptors (Lipinski definition) is 14. The number of alkyl carbamates (subject to hydrolysis) is 1. The highest BCUT2D eigenvalue weighted by Gasteiger charge is 2.78. The van der Waals surface area contributed by atoms with E-state index in [9.17, 15) is 44.4 Å². The predicted octanol–water partition coefficient (Wildman–Crippen LogP) is 3.90. The van der Waals surface area contributed by atoms with Crippen molar-refractivity contribution in [1.82, 2.24) is 5.32 Å². The van der Waals surface area contributed by atoms with Crippen LogP contribution in [0.25, 0.3) is 0 Å². The normalized spacial score (nSPS) is 33.1. The van der Waals surface area contributed by atoms with Gasteiger partial charge in [-0.05, 0) is 63.5 Å². The highest BCUT2D eigenvalue weighted by Crippen LogP contribution is 2.64. The number of fused-ring (bicyclic) bond motifs is 5. The summed E-state index contributed by atoms with van der Waals surface area (Å²) in [7, 11) is 0. The lowest BCUT2D eigenvalue weighted by Crippen LogP contribution is -2.81. The molecule has 0 aromatic heterocycles. The van der Waals surface area contributed by atoms with Crippen molar-refractivity contribution in [1.29, 1.82) is 0 Å². The van der Waals surface area contributed by atoms with Crippen molar-refractivity contribution >= 4 is 29.8 Å². The Balaban J connectivity index is 0.00000661. The third kappa shape index (κ3) is 7.67. The molecule has 4 aliphatic rings. The van der Waals surface area contributed by atoms with Crippen LogP contribution in [0.2, 0.25) is 0 Å². The number of amides is 1. The van der Waals surface area contributed by atoms with Crippen LogP contribution in [0.5, 0.6) is 0 Å². The molecule has 15 heteroatoms. The van der Waals surface area contributed by atoms with E-state index >= 15 is 0 Å². The van der Waals surface area contributed by atoms with Gasteiger partial charge in [-0.15, -0.1) is 0 Å². The third-order valence-corrected chi connectivity index (χ3v) is 12.6. The Hall–Kier alpha value is -4.67. The molecule has 5 N–H and O–H groups in total.